The molecule has 0 saturated carbocycles. The molecule has 5 nitrogen and oxygen atoms in total. The average molecular weight is 324 g/mol. The van der Waals surface area contributed by atoms with Crippen LogP contribution in [-0.2, 0) is 0 Å². The molecule has 3 rings (SSSR count). The number of aromatic amines is 1. The first-order valence-corrected chi connectivity index (χ1v) is 7.52. The molecular formula is C18H17FN4O. The highest BCUT2D eigenvalue weighted by Gasteiger charge is 2.15. The maximum Gasteiger partial charge on any atom is 0.280 e. The molecule has 24 heavy (non-hydrogen) atoms. The SMILES string of the molecule is C/C(=N\c1cccc(C)n1)c1c(C)[nH]n(-c2ccc(F)cc2)c1=O. The number of hydrogen-bond donors (Lipinski definition) is 1. The number of nitrogens with zero attached hydrogens (tertiary/aromatic N) is 3. The number of nitrogens with one attached hydrogen (secondary N) is 1. The summed E-state index contributed by atoms with van der Waals surface area (Å²) in [5.41, 5.74) is 2.96. The Morgan fingerprint density at radius 3 is 2.54 bits per heavy atom. The van der Waals surface area contributed by atoms with Gasteiger partial charge < -0.3 is 0 Å². The maximum absolute atomic E-state index is 13.1. The molecule has 0 aliphatic rings. The summed E-state index contributed by atoms with van der Waals surface area (Å²) >= 11 is 0. The van der Waals surface area contributed by atoms with Crippen molar-refractivity contribution >= 4 is 11.5 Å². The monoisotopic (exact) mass is 324 g/mol. The molecule has 0 unspecified atom stereocenters. The Bertz CT molecular complexity index is 967. The topological polar surface area (TPSA) is 63.0 Å². The third-order valence-electron chi connectivity index (χ3n) is 3.67. The molecular weight excluding hydrogens is 307 g/mol. The van der Waals surface area contributed by atoms with Crippen molar-refractivity contribution in [2.24, 2.45) is 4.99 Å². The molecule has 122 valence electrons. The summed E-state index contributed by atoms with van der Waals surface area (Å²) in [7, 11) is 0. The molecule has 0 atom stereocenters. The minimum atomic E-state index is -0.349. The molecule has 0 bridgehead atoms. The van der Waals surface area contributed by atoms with E-state index in [4.69, 9.17) is 0 Å². The third-order valence-corrected chi connectivity index (χ3v) is 3.67. The third kappa shape index (κ3) is 3.03. The second-order valence-corrected chi connectivity index (χ2v) is 5.56. The van der Waals surface area contributed by atoms with Crippen molar-refractivity contribution in [1.29, 1.82) is 0 Å². The molecule has 0 saturated heterocycles. The number of aromatic nitrogens is 3. The lowest BCUT2D eigenvalue weighted by atomic mass is 10.2. The lowest BCUT2D eigenvalue weighted by Crippen LogP contribution is -2.19. The number of H-pyrrole nitrogens is 1. The summed E-state index contributed by atoms with van der Waals surface area (Å²) in [6.45, 7) is 5.47. The van der Waals surface area contributed by atoms with E-state index in [2.05, 4.69) is 15.1 Å². The Hall–Kier alpha value is -3.02. The predicted octanol–water partition coefficient (Wildman–Crippen LogP) is 3.46. The largest absolute Gasteiger partial charge is 0.295 e. The van der Waals surface area contributed by atoms with E-state index in [0.717, 1.165) is 5.69 Å². The van der Waals surface area contributed by atoms with Gasteiger partial charge in [0.2, 0.25) is 0 Å². The van der Waals surface area contributed by atoms with Crippen LogP contribution in [0.15, 0.2) is 52.3 Å². The number of benzene rings is 1. The van der Waals surface area contributed by atoms with Crippen LogP contribution >= 0.6 is 0 Å². The first-order chi connectivity index (χ1) is 11.5. The number of aryl methyl sites for hydroxylation is 2. The van der Waals surface area contributed by atoms with Crippen LogP contribution in [0.2, 0.25) is 0 Å². The first-order valence-electron chi connectivity index (χ1n) is 7.52. The van der Waals surface area contributed by atoms with Crippen molar-refractivity contribution < 1.29 is 4.39 Å². The fourth-order valence-electron chi connectivity index (χ4n) is 2.56. The molecule has 0 spiro atoms. The first kappa shape index (κ1) is 15.9. The normalized spacial score (nSPS) is 11.8. The van der Waals surface area contributed by atoms with Crippen LogP contribution in [0.25, 0.3) is 5.69 Å². The lowest BCUT2D eigenvalue weighted by molar-refractivity contribution is 0.627. The number of halogens is 1. The smallest absolute Gasteiger partial charge is 0.280 e. The van der Waals surface area contributed by atoms with E-state index < -0.39 is 0 Å². The maximum atomic E-state index is 13.1. The van der Waals surface area contributed by atoms with Gasteiger partial charge in [0, 0.05) is 11.4 Å². The van der Waals surface area contributed by atoms with Crippen LogP contribution in [0.5, 0.6) is 0 Å². The van der Waals surface area contributed by atoms with Crippen LogP contribution in [0, 0.1) is 19.7 Å². The molecule has 3 aromatic rings. The fraction of sp³-hybridized carbons (Fsp3) is 0.167. The molecule has 2 aromatic heterocycles. The van der Waals surface area contributed by atoms with Crippen molar-refractivity contribution in [2.75, 3.05) is 0 Å². The second kappa shape index (κ2) is 6.23. The molecule has 0 radical (unpaired) electrons. The summed E-state index contributed by atoms with van der Waals surface area (Å²) in [6, 6.07) is 11.3. The van der Waals surface area contributed by atoms with E-state index in [9.17, 15) is 9.18 Å². The van der Waals surface area contributed by atoms with E-state index in [1.807, 2.05) is 19.1 Å². The second-order valence-electron chi connectivity index (χ2n) is 5.56. The summed E-state index contributed by atoms with van der Waals surface area (Å²) in [5, 5.41) is 3.01. The quantitative estimate of drug-likeness (QED) is 0.750. The molecule has 1 N–H and O–H groups in total. The number of rotatable bonds is 3. The van der Waals surface area contributed by atoms with Crippen LogP contribution in [0.3, 0.4) is 0 Å². The zero-order valence-electron chi connectivity index (χ0n) is 13.7. The highest BCUT2D eigenvalue weighted by Crippen LogP contribution is 2.13. The van der Waals surface area contributed by atoms with Gasteiger partial charge in [-0.25, -0.2) is 19.0 Å². The highest BCUT2D eigenvalue weighted by atomic mass is 19.1. The number of hydrogen-bond acceptors (Lipinski definition) is 3. The van der Waals surface area contributed by atoms with Gasteiger partial charge in [0.15, 0.2) is 5.82 Å². The standard InChI is InChI=1S/C18H17FN4O/c1-11-5-4-6-16(20-11)21-12(2)17-13(3)22-23(18(17)24)15-9-7-14(19)8-10-15/h4-10,22H,1-3H3/b21-12+. The number of aliphatic imine (C=N–C) groups is 1. The van der Waals surface area contributed by atoms with Gasteiger partial charge in [0.25, 0.3) is 5.56 Å². The van der Waals surface area contributed by atoms with Gasteiger partial charge in [-0.15, -0.1) is 0 Å². The zero-order chi connectivity index (χ0) is 17.3. The van der Waals surface area contributed by atoms with Crippen LogP contribution < -0.4 is 5.56 Å². The molecule has 6 heteroatoms. The number of pyridine rings is 1. The molecule has 0 aliphatic heterocycles. The zero-order valence-corrected chi connectivity index (χ0v) is 13.7. The Kier molecular flexibility index (Phi) is 4.12. The summed E-state index contributed by atoms with van der Waals surface area (Å²) in [5.74, 6) is 0.208. The van der Waals surface area contributed by atoms with E-state index >= 15 is 0 Å². The summed E-state index contributed by atoms with van der Waals surface area (Å²) in [6.07, 6.45) is 0. The summed E-state index contributed by atoms with van der Waals surface area (Å²) in [4.78, 5) is 21.5. The van der Waals surface area contributed by atoms with Crippen molar-refractivity contribution in [1.82, 2.24) is 14.8 Å². The average Bonchev–Trinajstić information content (AvgIpc) is 2.83. The Labute approximate surface area is 138 Å². The van der Waals surface area contributed by atoms with Gasteiger partial charge in [-0.2, -0.15) is 0 Å². The van der Waals surface area contributed by atoms with Crippen molar-refractivity contribution in [3.63, 3.8) is 0 Å². The Morgan fingerprint density at radius 1 is 1.17 bits per heavy atom. The minimum Gasteiger partial charge on any atom is -0.295 e. The van der Waals surface area contributed by atoms with Gasteiger partial charge in [-0.05, 0) is 57.2 Å². The van der Waals surface area contributed by atoms with Gasteiger partial charge in [0.1, 0.15) is 5.82 Å². The van der Waals surface area contributed by atoms with Crippen molar-refractivity contribution in [2.45, 2.75) is 20.8 Å². The molecule has 0 amide bonds. The highest BCUT2D eigenvalue weighted by molar-refractivity contribution is 6.00. The Balaban J connectivity index is 2.06. The van der Waals surface area contributed by atoms with E-state index in [1.54, 1.807) is 32.0 Å². The van der Waals surface area contributed by atoms with E-state index in [1.165, 1.54) is 16.8 Å². The van der Waals surface area contributed by atoms with Crippen molar-refractivity contribution in [3.05, 3.63) is 75.6 Å². The van der Waals surface area contributed by atoms with Crippen LogP contribution in [-0.4, -0.2) is 20.5 Å². The van der Waals surface area contributed by atoms with Gasteiger partial charge in [-0.3, -0.25) is 9.89 Å². The minimum absolute atomic E-state index is 0.229. The molecule has 0 aliphatic carbocycles. The Morgan fingerprint density at radius 2 is 1.88 bits per heavy atom. The van der Waals surface area contributed by atoms with Crippen molar-refractivity contribution in [3.8, 4) is 5.69 Å². The van der Waals surface area contributed by atoms with Gasteiger partial charge >= 0.3 is 0 Å². The molecule has 1 aromatic carbocycles. The van der Waals surface area contributed by atoms with E-state index in [-0.39, 0.29) is 11.4 Å². The molecule has 2 heterocycles. The molecule has 0 fully saturated rings. The van der Waals surface area contributed by atoms with E-state index in [0.29, 0.717) is 28.5 Å². The van der Waals surface area contributed by atoms with Gasteiger partial charge in [-0.1, -0.05) is 6.07 Å². The fourth-order valence-corrected chi connectivity index (χ4v) is 2.56. The lowest BCUT2D eigenvalue weighted by Gasteiger charge is -2.00. The van der Waals surface area contributed by atoms with Crippen LogP contribution in [0.4, 0.5) is 10.2 Å². The van der Waals surface area contributed by atoms with Gasteiger partial charge in [0.05, 0.1) is 17.0 Å². The predicted molar refractivity (Wildman–Crippen MR) is 91.9 cm³/mol. The summed E-state index contributed by atoms with van der Waals surface area (Å²) < 4.78 is 14.4. The van der Waals surface area contributed by atoms with Crippen LogP contribution in [0.1, 0.15) is 23.9 Å².